The zero-order chi connectivity index (χ0) is 14.8. The predicted octanol–water partition coefficient (Wildman–Crippen LogP) is 4.20. The fourth-order valence-corrected chi connectivity index (χ4v) is 2.11. The van der Waals surface area contributed by atoms with Crippen molar-refractivity contribution in [3.8, 4) is 5.69 Å². The van der Waals surface area contributed by atoms with Gasteiger partial charge in [0.25, 0.3) is 0 Å². The molecule has 1 heterocycles. The molecule has 0 radical (unpaired) electrons. The van der Waals surface area contributed by atoms with E-state index in [1.165, 1.54) is 12.1 Å². The van der Waals surface area contributed by atoms with E-state index in [1.807, 2.05) is 37.3 Å². The van der Waals surface area contributed by atoms with Crippen LogP contribution in [0.4, 0.5) is 20.4 Å². The van der Waals surface area contributed by atoms with Crippen molar-refractivity contribution in [1.29, 1.82) is 0 Å². The monoisotopic (exact) mass is 285 g/mol. The number of hydrogen-bond acceptors (Lipinski definition) is 2. The van der Waals surface area contributed by atoms with Gasteiger partial charge >= 0.3 is 0 Å². The van der Waals surface area contributed by atoms with Crippen LogP contribution in [0.2, 0.25) is 0 Å². The van der Waals surface area contributed by atoms with Gasteiger partial charge in [-0.15, -0.1) is 0 Å². The van der Waals surface area contributed by atoms with Crippen molar-refractivity contribution in [2.24, 2.45) is 0 Å². The molecule has 3 aromatic rings. The first-order valence-electron chi connectivity index (χ1n) is 6.46. The molecule has 3 rings (SSSR count). The maximum Gasteiger partial charge on any atom is 0.212 e. The Labute approximate surface area is 120 Å². The van der Waals surface area contributed by atoms with Crippen LogP contribution in [0.1, 0.15) is 5.69 Å². The highest BCUT2D eigenvalue weighted by molar-refractivity contribution is 5.56. The Morgan fingerprint density at radius 1 is 1.00 bits per heavy atom. The van der Waals surface area contributed by atoms with Crippen molar-refractivity contribution in [2.45, 2.75) is 6.92 Å². The van der Waals surface area contributed by atoms with E-state index in [0.29, 0.717) is 11.6 Å². The summed E-state index contributed by atoms with van der Waals surface area (Å²) in [5.74, 6) is -0.743. The van der Waals surface area contributed by atoms with E-state index < -0.39 is 11.6 Å². The molecule has 0 aliphatic carbocycles. The van der Waals surface area contributed by atoms with Crippen LogP contribution >= 0.6 is 0 Å². The zero-order valence-electron chi connectivity index (χ0n) is 11.3. The van der Waals surface area contributed by atoms with Crippen LogP contribution in [0.15, 0.2) is 54.7 Å². The highest BCUT2D eigenvalue weighted by atomic mass is 19.1. The Bertz CT molecular complexity index is 746. The molecule has 0 aliphatic heterocycles. The summed E-state index contributed by atoms with van der Waals surface area (Å²) in [6.07, 6.45) is 1.72. The summed E-state index contributed by atoms with van der Waals surface area (Å²) in [6, 6.07) is 12.8. The fourth-order valence-electron chi connectivity index (χ4n) is 2.11. The molecule has 3 nitrogen and oxygen atoms in total. The van der Waals surface area contributed by atoms with Crippen LogP contribution in [0.3, 0.4) is 0 Å². The Kier molecular flexibility index (Phi) is 3.39. The van der Waals surface area contributed by atoms with Crippen molar-refractivity contribution in [3.05, 3.63) is 72.1 Å². The number of nitrogens with one attached hydrogen (secondary N) is 1. The summed E-state index contributed by atoms with van der Waals surface area (Å²) in [4.78, 5) is 4.35. The van der Waals surface area contributed by atoms with Crippen molar-refractivity contribution in [3.63, 3.8) is 0 Å². The smallest absolute Gasteiger partial charge is 0.212 e. The average molecular weight is 285 g/mol. The van der Waals surface area contributed by atoms with Crippen LogP contribution in [0.25, 0.3) is 5.69 Å². The van der Waals surface area contributed by atoms with E-state index in [2.05, 4.69) is 10.3 Å². The topological polar surface area (TPSA) is 29.9 Å². The molecular weight excluding hydrogens is 272 g/mol. The highest BCUT2D eigenvalue weighted by Crippen LogP contribution is 2.22. The number of nitrogens with zero attached hydrogens (tertiary/aromatic N) is 2. The largest absolute Gasteiger partial charge is 0.325 e. The first kappa shape index (κ1) is 13.3. The number of para-hydroxylation sites is 1. The van der Waals surface area contributed by atoms with Gasteiger partial charge in [0.15, 0.2) is 0 Å². The van der Waals surface area contributed by atoms with Crippen LogP contribution in [-0.2, 0) is 0 Å². The molecule has 0 spiro atoms. The van der Waals surface area contributed by atoms with E-state index in [4.69, 9.17) is 0 Å². The molecule has 0 bridgehead atoms. The quantitative estimate of drug-likeness (QED) is 0.781. The predicted molar refractivity (Wildman–Crippen MR) is 77.9 cm³/mol. The van der Waals surface area contributed by atoms with Crippen LogP contribution in [0.5, 0.6) is 0 Å². The van der Waals surface area contributed by atoms with Crippen LogP contribution < -0.4 is 5.32 Å². The van der Waals surface area contributed by atoms with Gasteiger partial charge in [0.2, 0.25) is 5.95 Å². The van der Waals surface area contributed by atoms with Crippen LogP contribution in [-0.4, -0.2) is 9.55 Å². The summed E-state index contributed by atoms with van der Waals surface area (Å²) < 4.78 is 28.4. The lowest BCUT2D eigenvalue weighted by molar-refractivity contribution is 0.581. The van der Waals surface area contributed by atoms with E-state index >= 15 is 0 Å². The second-order valence-corrected chi connectivity index (χ2v) is 4.69. The lowest BCUT2D eigenvalue weighted by Crippen LogP contribution is -2.02. The first-order valence-corrected chi connectivity index (χ1v) is 6.46. The number of aromatic nitrogens is 2. The number of aryl methyl sites for hydroxylation is 1. The molecule has 2 aromatic carbocycles. The maximum absolute atomic E-state index is 13.4. The zero-order valence-corrected chi connectivity index (χ0v) is 11.3. The van der Waals surface area contributed by atoms with E-state index in [-0.39, 0.29) is 0 Å². The van der Waals surface area contributed by atoms with Gasteiger partial charge in [0.1, 0.15) is 11.6 Å². The summed E-state index contributed by atoms with van der Waals surface area (Å²) in [5, 5.41) is 3.14. The molecule has 1 N–H and O–H groups in total. The minimum Gasteiger partial charge on any atom is -0.325 e. The van der Waals surface area contributed by atoms with E-state index in [1.54, 1.807) is 10.8 Å². The SMILES string of the molecule is Cc1cn(-c2cc(F)cc(F)c2)c(Nc2ccccc2)n1. The molecule has 1 aromatic heterocycles. The second kappa shape index (κ2) is 5.36. The molecule has 5 heteroatoms. The Balaban J connectivity index is 2.03. The van der Waals surface area contributed by atoms with Gasteiger partial charge in [0, 0.05) is 18.0 Å². The standard InChI is InChI=1S/C16H13F2N3/c1-11-10-21(15-8-12(17)7-13(18)9-15)16(19-11)20-14-5-3-2-4-6-14/h2-10H,1H3,(H,19,20). The number of anilines is 2. The molecule has 21 heavy (non-hydrogen) atoms. The molecule has 0 saturated carbocycles. The summed E-state index contributed by atoms with van der Waals surface area (Å²) >= 11 is 0. The van der Waals surface area contributed by atoms with Crippen molar-refractivity contribution in [2.75, 3.05) is 5.32 Å². The minimum atomic E-state index is -0.623. The van der Waals surface area contributed by atoms with Gasteiger partial charge in [0.05, 0.1) is 11.4 Å². The normalized spacial score (nSPS) is 10.6. The first-order chi connectivity index (χ1) is 10.1. The van der Waals surface area contributed by atoms with Gasteiger partial charge in [-0.3, -0.25) is 4.57 Å². The summed E-state index contributed by atoms with van der Waals surface area (Å²) in [6.45, 7) is 1.82. The Morgan fingerprint density at radius 3 is 2.33 bits per heavy atom. The van der Waals surface area contributed by atoms with Gasteiger partial charge in [-0.2, -0.15) is 0 Å². The lowest BCUT2D eigenvalue weighted by atomic mass is 10.3. The highest BCUT2D eigenvalue weighted by Gasteiger charge is 2.10. The third kappa shape index (κ3) is 2.91. The van der Waals surface area contributed by atoms with E-state index in [9.17, 15) is 8.78 Å². The third-order valence-corrected chi connectivity index (χ3v) is 2.98. The molecular formula is C16H13F2N3. The number of rotatable bonds is 3. The summed E-state index contributed by atoms with van der Waals surface area (Å²) in [5.41, 5.74) is 1.98. The minimum absolute atomic E-state index is 0.381. The molecule has 0 amide bonds. The lowest BCUT2D eigenvalue weighted by Gasteiger charge is -2.10. The van der Waals surface area contributed by atoms with Gasteiger partial charge in [-0.25, -0.2) is 13.8 Å². The van der Waals surface area contributed by atoms with Gasteiger partial charge < -0.3 is 5.32 Å². The summed E-state index contributed by atoms with van der Waals surface area (Å²) in [7, 11) is 0. The van der Waals surface area contributed by atoms with Gasteiger partial charge in [-0.1, -0.05) is 18.2 Å². The molecule has 0 atom stereocenters. The fraction of sp³-hybridized carbons (Fsp3) is 0.0625. The van der Waals surface area contributed by atoms with Crippen molar-refractivity contribution >= 4 is 11.6 Å². The average Bonchev–Trinajstić information content (AvgIpc) is 2.80. The Hall–Kier alpha value is -2.69. The number of imidazole rings is 1. The van der Waals surface area contributed by atoms with Crippen molar-refractivity contribution in [1.82, 2.24) is 9.55 Å². The van der Waals surface area contributed by atoms with Gasteiger partial charge in [-0.05, 0) is 31.2 Å². The molecule has 0 saturated heterocycles. The number of benzene rings is 2. The molecule has 0 fully saturated rings. The van der Waals surface area contributed by atoms with Crippen molar-refractivity contribution < 1.29 is 8.78 Å². The second-order valence-electron chi connectivity index (χ2n) is 4.69. The maximum atomic E-state index is 13.4. The molecule has 0 aliphatic rings. The molecule has 106 valence electrons. The van der Waals surface area contributed by atoms with Crippen LogP contribution in [0, 0.1) is 18.6 Å². The third-order valence-electron chi connectivity index (χ3n) is 2.98. The number of hydrogen-bond donors (Lipinski definition) is 1. The van der Waals surface area contributed by atoms with E-state index in [0.717, 1.165) is 17.4 Å². The number of halogens is 2. The molecule has 0 unspecified atom stereocenters. The Morgan fingerprint density at radius 2 is 1.67 bits per heavy atom.